The maximum Gasteiger partial charge on any atom is 4.00 e. The number of nitrogens with zero attached hydrogens (tertiary/aromatic N) is 4. The molecule has 0 saturated carbocycles. The van der Waals surface area contributed by atoms with Crippen LogP contribution in [-0.2, 0) is 26.6 Å². The van der Waals surface area contributed by atoms with Crippen molar-refractivity contribution in [2.24, 2.45) is 0 Å². The molecule has 0 bridgehead atoms. The molecule has 4 aromatic carbocycles. The molecule has 39 heavy (non-hydrogen) atoms. The van der Waals surface area contributed by atoms with E-state index in [0.717, 1.165) is 17.1 Å². The predicted molar refractivity (Wildman–Crippen MR) is 155 cm³/mol. The van der Waals surface area contributed by atoms with Crippen molar-refractivity contribution in [3.63, 3.8) is 0 Å². The van der Waals surface area contributed by atoms with Gasteiger partial charge in [0.2, 0.25) is 0 Å². The average molecular weight is 696 g/mol. The predicted octanol–water partition coefficient (Wildman–Crippen LogP) is 7.84. The van der Waals surface area contributed by atoms with E-state index in [0.29, 0.717) is 11.5 Å². The summed E-state index contributed by atoms with van der Waals surface area (Å²) >= 11 is 0. The molecule has 0 aromatic heterocycles. The minimum Gasteiger partial charge on any atom is -0.509 e. The Kier molecular flexibility index (Phi) is 7.26. The quantitative estimate of drug-likeness (QED) is 0.203. The topological polar surface area (TPSA) is 22.2 Å². The van der Waals surface area contributed by atoms with Gasteiger partial charge in [-0.2, -0.15) is 25.5 Å². The second-order valence-corrected chi connectivity index (χ2v) is 10.6. The molecule has 2 aliphatic heterocycles. The molecule has 0 spiro atoms. The summed E-state index contributed by atoms with van der Waals surface area (Å²) in [7, 11) is 4.19. The van der Waals surface area contributed by atoms with Gasteiger partial charge in [-0.25, -0.2) is 0 Å². The van der Waals surface area contributed by atoms with Gasteiger partial charge in [0.05, 0.1) is 0 Å². The van der Waals surface area contributed by atoms with E-state index in [1.807, 2.05) is 24.3 Å². The third-order valence-corrected chi connectivity index (χ3v) is 7.68. The van der Waals surface area contributed by atoms with Crippen LogP contribution in [0.2, 0.25) is 0 Å². The number of fused-ring (bicyclic) bond motifs is 2. The molecular weight excluding hydrogens is 663 g/mol. The second kappa shape index (κ2) is 10.4. The molecule has 6 rings (SSSR count). The summed E-state index contributed by atoms with van der Waals surface area (Å²) in [6.45, 7) is 13.0. The molecule has 2 aliphatic rings. The summed E-state index contributed by atoms with van der Waals surface area (Å²) in [5.74, 6) is 1.29. The van der Waals surface area contributed by atoms with Crippen molar-refractivity contribution < 1.29 is 25.8 Å². The van der Waals surface area contributed by atoms with Crippen LogP contribution in [0.1, 0.15) is 30.5 Å². The maximum atomic E-state index is 6.32. The molecule has 4 aromatic rings. The molecule has 0 fully saturated rings. The molecular formula is C33H32N4OPt. The molecule has 0 atom stereocenters. The molecule has 200 valence electrons. The number of benzene rings is 4. The molecule has 0 aliphatic carbocycles. The Balaban J connectivity index is 0.00000308. The van der Waals surface area contributed by atoms with Crippen LogP contribution >= 0.6 is 0 Å². The van der Waals surface area contributed by atoms with Crippen LogP contribution in [0, 0.1) is 39.3 Å². The fraction of sp³-hybridized carbons (Fsp3) is 0.212. The smallest absolute Gasteiger partial charge is 0.509 e. The minimum atomic E-state index is -0.104. The first-order valence-electron chi connectivity index (χ1n) is 12.9. The van der Waals surface area contributed by atoms with Crippen molar-refractivity contribution in [1.82, 2.24) is 4.90 Å². The number of hydrogen-bond acceptors (Lipinski definition) is 5. The number of ether oxygens (including phenoxy) is 1. The van der Waals surface area contributed by atoms with Crippen molar-refractivity contribution in [2.75, 3.05) is 28.8 Å². The van der Waals surface area contributed by atoms with Crippen molar-refractivity contribution in [1.29, 1.82) is 0 Å². The van der Waals surface area contributed by atoms with Crippen LogP contribution in [0.25, 0.3) is 0 Å². The summed E-state index contributed by atoms with van der Waals surface area (Å²) in [4.78, 5) is 8.76. The van der Waals surface area contributed by atoms with E-state index in [-0.39, 0.29) is 26.6 Å². The first-order valence-corrected chi connectivity index (χ1v) is 12.9. The third-order valence-electron chi connectivity index (χ3n) is 7.68. The van der Waals surface area contributed by atoms with Gasteiger partial charge in [-0.1, -0.05) is 30.3 Å². The SMILES string of the molecule is Cc1ccc(C)c2c1N(C)[CH-]N2c1[c-]c(Oc2[c-]c(N3[CH-]N(C)C(C)(C)c4ccccc43)ccc2)ccc1.[Pt+4]. The summed E-state index contributed by atoms with van der Waals surface area (Å²) < 4.78 is 6.32. The van der Waals surface area contributed by atoms with Crippen LogP contribution in [0.3, 0.4) is 0 Å². The number of para-hydroxylation sites is 1. The summed E-state index contributed by atoms with van der Waals surface area (Å²) in [5.41, 5.74) is 9.03. The van der Waals surface area contributed by atoms with Gasteiger partial charge in [0.1, 0.15) is 0 Å². The first kappa shape index (κ1) is 27.3. The van der Waals surface area contributed by atoms with Crippen molar-refractivity contribution in [2.45, 2.75) is 33.2 Å². The fourth-order valence-corrected chi connectivity index (χ4v) is 5.36. The third kappa shape index (κ3) is 4.73. The van der Waals surface area contributed by atoms with E-state index >= 15 is 0 Å². The van der Waals surface area contributed by atoms with E-state index in [1.54, 1.807) is 0 Å². The van der Waals surface area contributed by atoms with Crippen LogP contribution in [0.15, 0.2) is 72.8 Å². The largest absolute Gasteiger partial charge is 4.00 e. The molecule has 0 saturated heterocycles. The van der Waals surface area contributed by atoms with Crippen LogP contribution in [0.4, 0.5) is 28.4 Å². The van der Waals surface area contributed by atoms with Crippen molar-refractivity contribution in [3.05, 3.63) is 115 Å². The standard InChI is InChI=1S/C33H32N4O.Pt/c1-23-17-18-24(2)32-31(23)34(5)21-37(32)26-12-10-14-28(20-26)38-27-13-9-11-25(19-27)36-22-35(6)33(3,4)29-15-7-8-16-30(29)36;/h7-18,21-22H,1-6H3;/q-4;+4. The van der Waals surface area contributed by atoms with Crippen LogP contribution in [0.5, 0.6) is 11.5 Å². The van der Waals surface area contributed by atoms with Gasteiger partial charge in [-0.3, -0.25) is 0 Å². The maximum absolute atomic E-state index is 6.32. The Bertz CT molecular complexity index is 1520. The van der Waals surface area contributed by atoms with Gasteiger partial charge in [-0.15, -0.1) is 47.8 Å². The average Bonchev–Trinajstić information content (AvgIpc) is 3.27. The van der Waals surface area contributed by atoms with Gasteiger partial charge in [0, 0.05) is 34.1 Å². The summed E-state index contributed by atoms with van der Waals surface area (Å²) in [6, 6.07) is 31.8. The van der Waals surface area contributed by atoms with Crippen LogP contribution in [-0.4, -0.2) is 19.0 Å². The van der Waals surface area contributed by atoms with Crippen LogP contribution < -0.4 is 19.4 Å². The molecule has 5 nitrogen and oxygen atoms in total. The summed E-state index contributed by atoms with van der Waals surface area (Å²) in [6.07, 6.45) is 0. The monoisotopic (exact) mass is 695 g/mol. The van der Waals surface area contributed by atoms with E-state index in [2.05, 4.69) is 135 Å². The van der Waals surface area contributed by atoms with Crippen molar-refractivity contribution >= 4 is 28.4 Å². The number of anilines is 5. The van der Waals surface area contributed by atoms with E-state index in [1.165, 1.54) is 28.1 Å². The Labute approximate surface area is 246 Å². The number of aryl methyl sites for hydroxylation is 2. The molecule has 0 amide bonds. The molecule has 2 heterocycles. The zero-order chi connectivity index (χ0) is 26.6. The Morgan fingerprint density at radius 2 is 1.28 bits per heavy atom. The first-order chi connectivity index (χ1) is 18.2. The number of hydrogen-bond donors (Lipinski definition) is 0. The van der Waals surface area contributed by atoms with Gasteiger partial charge in [0.25, 0.3) is 0 Å². The molecule has 0 N–H and O–H groups in total. The van der Waals surface area contributed by atoms with E-state index in [4.69, 9.17) is 4.74 Å². The Hall–Kier alpha value is -3.27. The zero-order valence-corrected chi connectivity index (χ0v) is 25.4. The Morgan fingerprint density at radius 1 is 0.692 bits per heavy atom. The van der Waals surface area contributed by atoms with E-state index in [9.17, 15) is 0 Å². The van der Waals surface area contributed by atoms with Gasteiger partial charge in [-0.05, 0) is 64.5 Å². The van der Waals surface area contributed by atoms with Gasteiger partial charge >= 0.3 is 21.1 Å². The normalized spacial score (nSPS) is 16.0. The molecule has 0 radical (unpaired) electrons. The Morgan fingerprint density at radius 3 is 1.95 bits per heavy atom. The number of rotatable bonds is 4. The van der Waals surface area contributed by atoms with Gasteiger partial charge < -0.3 is 24.3 Å². The van der Waals surface area contributed by atoms with Crippen molar-refractivity contribution in [3.8, 4) is 11.5 Å². The minimum absolute atomic E-state index is 0. The molecule has 6 heteroatoms. The zero-order valence-electron chi connectivity index (χ0n) is 23.1. The molecule has 0 unspecified atom stereocenters. The van der Waals surface area contributed by atoms with Gasteiger partial charge in [0.15, 0.2) is 0 Å². The fourth-order valence-electron chi connectivity index (χ4n) is 5.36. The van der Waals surface area contributed by atoms with E-state index < -0.39 is 0 Å². The second-order valence-electron chi connectivity index (χ2n) is 10.6. The summed E-state index contributed by atoms with van der Waals surface area (Å²) in [5, 5.41) is 0.